The second-order valence-electron chi connectivity index (χ2n) is 7.48. The Kier molecular flexibility index (Phi) is 4.63. The summed E-state index contributed by atoms with van der Waals surface area (Å²) < 4.78 is 13.6. The first-order valence-corrected chi connectivity index (χ1v) is 9.33. The van der Waals surface area contributed by atoms with Crippen LogP contribution in [0.25, 0.3) is 10.9 Å². The van der Waals surface area contributed by atoms with Crippen LogP contribution in [0.5, 0.6) is 5.75 Å². The van der Waals surface area contributed by atoms with Crippen molar-refractivity contribution in [2.24, 2.45) is 13.0 Å². The van der Waals surface area contributed by atoms with Crippen molar-refractivity contribution in [3.8, 4) is 5.75 Å². The first-order chi connectivity index (χ1) is 12.5. The van der Waals surface area contributed by atoms with E-state index in [1.54, 1.807) is 12.1 Å². The van der Waals surface area contributed by atoms with E-state index in [-0.39, 0.29) is 23.8 Å². The van der Waals surface area contributed by atoms with Crippen molar-refractivity contribution in [3.05, 3.63) is 29.5 Å². The van der Waals surface area contributed by atoms with E-state index >= 15 is 0 Å². The van der Waals surface area contributed by atoms with E-state index in [0.29, 0.717) is 24.7 Å². The van der Waals surface area contributed by atoms with Gasteiger partial charge in [-0.25, -0.2) is 0 Å². The molecule has 2 aromatic rings. The largest absolute Gasteiger partial charge is 0.508 e. The number of aromatic hydroxyl groups is 1. The fourth-order valence-corrected chi connectivity index (χ4v) is 3.68. The van der Waals surface area contributed by atoms with E-state index in [9.17, 15) is 9.90 Å². The van der Waals surface area contributed by atoms with Gasteiger partial charge in [0.2, 0.25) is 0 Å². The van der Waals surface area contributed by atoms with Gasteiger partial charge < -0.3 is 24.5 Å². The van der Waals surface area contributed by atoms with Gasteiger partial charge in [-0.3, -0.25) is 4.79 Å². The smallest absolute Gasteiger partial charge is 0.254 e. The minimum absolute atomic E-state index is 0.00279. The third-order valence-electron chi connectivity index (χ3n) is 5.56. The second-order valence-corrected chi connectivity index (χ2v) is 7.48. The highest BCUT2D eigenvalue weighted by atomic mass is 16.5. The van der Waals surface area contributed by atoms with E-state index in [1.165, 1.54) is 12.8 Å². The molecule has 0 spiro atoms. The number of nitrogens with one attached hydrogen (secondary N) is 1. The zero-order valence-electron chi connectivity index (χ0n) is 15.3. The number of phenolic OH excluding ortho intramolecular Hbond substituents is 1. The van der Waals surface area contributed by atoms with Crippen molar-refractivity contribution in [3.63, 3.8) is 0 Å². The van der Waals surface area contributed by atoms with Crippen LogP contribution in [-0.4, -0.2) is 47.5 Å². The number of phenols is 1. The number of carbonyl (C=O) groups is 1. The molecule has 0 unspecified atom stereocenters. The van der Waals surface area contributed by atoms with Crippen LogP contribution in [0.2, 0.25) is 0 Å². The SMILES string of the molecule is Cc1c(C(=O)N[C@@H]2COCC[C@@H]2OCC2CC2)c2cc(O)ccc2n1C. The Labute approximate surface area is 153 Å². The Morgan fingerprint density at radius 3 is 2.96 bits per heavy atom. The summed E-state index contributed by atoms with van der Waals surface area (Å²) in [6, 6.07) is 4.97. The van der Waals surface area contributed by atoms with E-state index in [1.807, 2.05) is 24.6 Å². The molecule has 6 heteroatoms. The summed E-state index contributed by atoms with van der Waals surface area (Å²) >= 11 is 0. The number of rotatable bonds is 5. The number of nitrogens with zero attached hydrogens (tertiary/aromatic N) is 1. The average Bonchev–Trinajstić information content (AvgIpc) is 3.41. The van der Waals surface area contributed by atoms with Gasteiger partial charge in [-0.2, -0.15) is 0 Å². The normalized spacial score (nSPS) is 23.3. The topological polar surface area (TPSA) is 72.7 Å². The van der Waals surface area contributed by atoms with Crippen molar-refractivity contribution in [2.45, 2.75) is 38.3 Å². The number of aromatic nitrogens is 1. The van der Waals surface area contributed by atoms with Crippen molar-refractivity contribution in [1.29, 1.82) is 0 Å². The molecule has 0 bridgehead atoms. The van der Waals surface area contributed by atoms with E-state index in [2.05, 4.69) is 5.32 Å². The van der Waals surface area contributed by atoms with Crippen LogP contribution in [0.1, 0.15) is 35.3 Å². The Bertz CT molecular complexity index is 825. The van der Waals surface area contributed by atoms with Gasteiger partial charge in [0.15, 0.2) is 0 Å². The minimum Gasteiger partial charge on any atom is -0.508 e. The lowest BCUT2D eigenvalue weighted by atomic mass is 10.0. The molecule has 2 atom stereocenters. The van der Waals surface area contributed by atoms with Gasteiger partial charge in [0, 0.05) is 36.9 Å². The average molecular weight is 358 g/mol. The van der Waals surface area contributed by atoms with E-state index in [4.69, 9.17) is 9.47 Å². The maximum Gasteiger partial charge on any atom is 0.254 e. The zero-order valence-corrected chi connectivity index (χ0v) is 15.3. The van der Waals surface area contributed by atoms with Crippen molar-refractivity contribution >= 4 is 16.8 Å². The molecule has 1 aliphatic carbocycles. The molecular formula is C20H26N2O4. The fourth-order valence-electron chi connectivity index (χ4n) is 3.68. The molecular weight excluding hydrogens is 332 g/mol. The third-order valence-corrected chi connectivity index (χ3v) is 5.56. The van der Waals surface area contributed by atoms with Crippen LogP contribution in [-0.2, 0) is 16.5 Å². The first kappa shape index (κ1) is 17.4. The standard InChI is InChI=1S/C20H26N2O4/c1-12-19(15-9-14(23)5-6-17(15)22(12)2)20(24)21-16-11-25-8-7-18(16)26-10-13-3-4-13/h5-6,9,13,16,18,23H,3-4,7-8,10-11H2,1-2H3,(H,21,24)/t16-,18+/m1/s1. The number of carbonyl (C=O) groups excluding carboxylic acids is 1. The monoisotopic (exact) mass is 358 g/mol. The summed E-state index contributed by atoms with van der Waals surface area (Å²) in [4.78, 5) is 13.1. The van der Waals surface area contributed by atoms with Crippen LogP contribution in [0.4, 0.5) is 0 Å². The summed E-state index contributed by atoms with van der Waals surface area (Å²) in [5, 5.41) is 13.7. The zero-order chi connectivity index (χ0) is 18.3. The molecule has 1 saturated heterocycles. The molecule has 1 aromatic heterocycles. The van der Waals surface area contributed by atoms with Gasteiger partial charge in [0.1, 0.15) is 5.75 Å². The molecule has 1 aliphatic heterocycles. The molecule has 4 rings (SSSR count). The van der Waals surface area contributed by atoms with Gasteiger partial charge in [0.05, 0.1) is 24.3 Å². The van der Waals surface area contributed by atoms with Crippen molar-refractivity contribution < 1.29 is 19.4 Å². The Morgan fingerprint density at radius 1 is 1.38 bits per heavy atom. The maximum atomic E-state index is 13.1. The molecule has 2 N–H and O–H groups in total. The van der Waals surface area contributed by atoms with Crippen molar-refractivity contribution in [1.82, 2.24) is 9.88 Å². The third kappa shape index (κ3) is 3.31. The number of hydrogen-bond donors (Lipinski definition) is 2. The van der Waals surface area contributed by atoms with Crippen molar-refractivity contribution in [2.75, 3.05) is 19.8 Å². The Balaban J connectivity index is 1.56. The number of fused-ring (bicyclic) bond motifs is 1. The molecule has 140 valence electrons. The summed E-state index contributed by atoms with van der Waals surface area (Å²) in [6.07, 6.45) is 3.29. The lowest BCUT2D eigenvalue weighted by molar-refractivity contribution is -0.0567. The van der Waals surface area contributed by atoms with Crippen LogP contribution in [0.15, 0.2) is 18.2 Å². The molecule has 1 amide bonds. The van der Waals surface area contributed by atoms with Gasteiger partial charge in [-0.05, 0) is 50.3 Å². The highest BCUT2D eigenvalue weighted by molar-refractivity contribution is 6.08. The summed E-state index contributed by atoms with van der Waals surface area (Å²) in [6.45, 7) is 3.83. The number of aryl methyl sites for hydroxylation is 1. The molecule has 6 nitrogen and oxygen atoms in total. The summed E-state index contributed by atoms with van der Waals surface area (Å²) in [5.74, 6) is 0.704. The molecule has 26 heavy (non-hydrogen) atoms. The van der Waals surface area contributed by atoms with Crippen LogP contribution in [0, 0.1) is 12.8 Å². The highest BCUT2D eigenvalue weighted by Crippen LogP contribution is 2.31. The number of amides is 1. The number of hydrogen-bond acceptors (Lipinski definition) is 4. The number of benzene rings is 1. The maximum absolute atomic E-state index is 13.1. The van der Waals surface area contributed by atoms with E-state index < -0.39 is 0 Å². The van der Waals surface area contributed by atoms with Gasteiger partial charge in [-0.1, -0.05) is 0 Å². The number of ether oxygens (including phenoxy) is 2. The lowest BCUT2D eigenvalue weighted by Crippen LogP contribution is -2.50. The quantitative estimate of drug-likeness (QED) is 0.861. The van der Waals surface area contributed by atoms with Gasteiger partial charge >= 0.3 is 0 Å². The summed E-state index contributed by atoms with van der Waals surface area (Å²) in [5.41, 5.74) is 2.40. The van der Waals surface area contributed by atoms with E-state index in [0.717, 1.165) is 29.6 Å². The Hall–Kier alpha value is -2.05. The molecule has 2 aliphatic rings. The Morgan fingerprint density at radius 2 is 2.19 bits per heavy atom. The highest BCUT2D eigenvalue weighted by Gasteiger charge is 2.32. The van der Waals surface area contributed by atoms with Gasteiger partial charge in [-0.15, -0.1) is 0 Å². The first-order valence-electron chi connectivity index (χ1n) is 9.33. The predicted molar refractivity (Wildman–Crippen MR) is 98.5 cm³/mol. The lowest BCUT2D eigenvalue weighted by Gasteiger charge is -2.32. The minimum atomic E-state index is -0.151. The van der Waals surface area contributed by atoms with Crippen LogP contribution >= 0.6 is 0 Å². The summed E-state index contributed by atoms with van der Waals surface area (Å²) in [7, 11) is 1.93. The molecule has 2 heterocycles. The second kappa shape index (κ2) is 6.93. The van der Waals surface area contributed by atoms with Gasteiger partial charge in [0.25, 0.3) is 5.91 Å². The fraction of sp³-hybridized carbons (Fsp3) is 0.550. The van der Waals surface area contributed by atoms with Crippen LogP contribution < -0.4 is 5.32 Å². The molecule has 2 fully saturated rings. The van der Waals surface area contributed by atoms with Crippen LogP contribution in [0.3, 0.4) is 0 Å². The predicted octanol–water partition coefficient (Wildman–Crippen LogP) is 2.51. The molecule has 1 saturated carbocycles. The molecule has 1 aromatic carbocycles. The molecule has 0 radical (unpaired) electrons.